The lowest BCUT2D eigenvalue weighted by molar-refractivity contribution is 0.0890. The second-order valence-corrected chi connectivity index (χ2v) is 4.43. The van der Waals surface area contributed by atoms with Crippen LogP contribution in [0.15, 0.2) is 18.3 Å². The van der Waals surface area contributed by atoms with Gasteiger partial charge in [-0.3, -0.25) is 0 Å². The molecule has 0 saturated carbocycles. The summed E-state index contributed by atoms with van der Waals surface area (Å²) < 4.78 is 10.7. The molecule has 1 atom stereocenters. The molecule has 0 N–H and O–H groups in total. The molecule has 4 nitrogen and oxygen atoms in total. The first-order valence-corrected chi connectivity index (χ1v) is 6.16. The van der Waals surface area contributed by atoms with Gasteiger partial charge in [0, 0.05) is 38.1 Å². The van der Waals surface area contributed by atoms with Crippen LogP contribution >= 0.6 is 0 Å². The topological polar surface area (TPSA) is 34.6 Å². The Hall–Kier alpha value is -1.29. The molecule has 4 heteroatoms. The van der Waals surface area contributed by atoms with Crippen LogP contribution in [-0.4, -0.2) is 37.9 Å². The Morgan fingerprint density at radius 2 is 2.18 bits per heavy atom. The molecule has 94 valence electrons. The summed E-state index contributed by atoms with van der Waals surface area (Å²) in [7, 11) is 1.67. The molecule has 0 radical (unpaired) electrons. The fourth-order valence-electron chi connectivity index (χ4n) is 2.11. The summed E-state index contributed by atoms with van der Waals surface area (Å²) in [5, 5.41) is 0. The lowest BCUT2D eigenvalue weighted by Crippen LogP contribution is -2.20. The van der Waals surface area contributed by atoms with Crippen molar-refractivity contribution in [1.29, 1.82) is 0 Å². The summed E-state index contributed by atoms with van der Waals surface area (Å²) in [5.41, 5.74) is 1.21. The summed E-state index contributed by atoms with van der Waals surface area (Å²) in [6, 6.07) is 4.05. The van der Waals surface area contributed by atoms with Crippen molar-refractivity contribution in [3.8, 4) is 5.88 Å². The lowest BCUT2D eigenvalue weighted by Gasteiger charge is -2.19. The summed E-state index contributed by atoms with van der Waals surface area (Å²) >= 11 is 0. The minimum absolute atomic E-state index is 0.0290. The van der Waals surface area contributed by atoms with Crippen LogP contribution in [0.3, 0.4) is 0 Å². The average molecular weight is 236 g/mol. The monoisotopic (exact) mass is 236 g/mol. The molecule has 0 spiro atoms. The van der Waals surface area contributed by atoms with Gasteiger partial charge in [0.15, 0.2) is 0 Å². The number of nitrogens with zero attached hydrogens (tertiary/aromatic N) is 2. The summed E-state index contributed by atoms with van der Waals surface area (Å²) in [6.45, 7) is 4.83. The highest BCUT2D eigenvalue weighted by Gasteiger charge is 2.13. The Balaban J connectivity index is 2.00. The van der Waals surface area contributed by atoms with Crippen molar-refractivity contribution in [2.75, 3.05) is 31.7 Å². The van der Waals surface area contributed by atoms with Gasteiger partial charge < -0.3 is 14.4 Å². The van der Waals surface area contributed by atoms with E-state index in [0.29, 0.717) is 12.5 Å². The van der Waals surface area contributed by atoms with Crippen molar-refractivity contribution < 1.29 is 9.47 Å². The van der Waals surface area contributed by atoms with Crippen molar-refractivity contribution in [2.45, 2.75) is 25.9 Å². The van der Waals surface area contributed by atoms with Crippen molar-refractivity contribution >= 4 is 5.69 Å². The third-order valence-electron chi connectivity index (χ3n) is 2.91. The van der Waals surface area contributed by atoms with Crippen LogP contribution in [0.1, 0.15) is 19.8 Å². The van der Waals surface area contributed by atoms with E-state index in [1.807, 2.05) is 25.3 Å². The smallest absolute Gasteiger partial charge is 0.215 e. The van der Waals surface area contributed by atoms with E-state index in [9.17, 15) is 0 Å². The number of methoxy groups -OCH3 is 1. The van der Waals surface area contributed by atoms with Gasteiger partial charge in [0.05, 0.1) is 6.61 Å². The third kappa shape index (κ3) is 3.33. The standard InChI is InChI=1S/C13H20N2O2/c1-11(10-16-2)17-13-9-12(5-6-14-13)15-7-3-4-8-15/h5-6,9,11H,3-4,7-8,10H2,1-2H3. The van der Waals surface area contributed by atoms with E-state index < -0.39 is 0 Å². The molecule has 1 fully saturated rings. The fourth-order valence-corrected chi connectivity index (χ4v) is 2.11. The molecule has 17 heavy (non-hydrogen) atoms. The van der Waals surface area contributed by atoms with E-state index in [4.69, 9.17) is 9.47 Å². The first kappa shape index (κ1) is 12.2. The molecule has 2 heterocycles. The third-order valence-corrected chi connectivity index (χ3v) is 2.91. The molecular weight excluding hydrogens is 216 g/mol. The van der Waals surface area contributed by atoms with Crippen molar-refractivity contribution in [2.24, 2.45) is 0 Å². The van der Waals surface area contributed by atoms with Crippen LogP contribution < -0.4 is 9.64 Å². The van der Waals surface area contributed by atoms with Crippen LogP contribution in [0.25, 0.3) is 0 Å². The van der Waals surface area contributed by atoms with Gasteiger partial charge in [-0.15, -0.1) is 0 Å². The summed E-state index contributed by atoms with van der Waals surface area (Å²) in [4.78, 5) is 6.60. The van der Waals surface area contributed by atoms with Gasteiger partial charge in [0.1, 0.15) is 6.10 Å². The normalized spacial score (nSPS) is 17.2. The van der Waals surface area contributed by atoms with Crippen molar-refractivity contribution in [3.63, 3.8) is 0 Å². The van der Waals surface area contributed by atoms with Gasteiger partial charge in [-0.1, -0.05) is 0 Å². The number of hydrogen-bond donors (Lipinski definition) is 0. The maximum Gasteiger partial charge on any atom is 0.215 e. The molecule has 1 saturated heterocycles. The predicted octanol–water partition coefficient (Wildman–Crippen LogP) is 2.10. The molecule has 1 aliphatic heterocycles. The molecule has 1 unspecified atom stereocenters. The zero-order valence-electron chi connectivity index (χ0n) is 10.6. The zero-order valence-corrected chi connectivity index (χ0v) is 10.6. The van der Waals surface area contributed by atoms with Gasteiger partial charge in [-0.25, -0.2) is 4.98 Å². The Morgan fingerprint density at radius 1 is 1.41 bits per heavy atom. The molecule has 0 aliphatic carbocycles. The van der Waals surface area contributed by atoms with Gasteiger partial charge in [-0.2, -0.15) is 0 Å². The van der Waals surface area contributed by atoms with Gasteiger partial charge in [0.2, 0.25) is 5.88 Å². The van der Waals surface area contributed by atoms with Crippen molar-refractivity contribution in [3.05, 3.63) is 18.3 Å². The van der Waals surface area contributed by atoms with Crippen molar-refractivity contribution in [1.82, 2.24) is 4.98 Å². The van der Waals surface area contributed by atoms with Gasteiger partial charge in [-0.05, 0) is 25.8 Å². The number of pyridine rings is 1. The highest BCUT2D eigenvalue weighted by molar-refractivity contribution is 5.48. The second kappa shape index (κ2) is 5.87. The number of hydrogen-bond acceptors (Lipinski definition) is 4. The Morgan fingerprint density at radius 3 is 2.88 bits per heavy atom. The molecule has 0 aromatic carbocycles. The zero-order chi connectivity index (χ0) is 12.1. The van der Waals surface area contributed by atoms with E-state index in [0.717, 1.165) is 13.1 Å². The SMILES string of the molecule is COCC(C)Oc1cc(N2CCCC2)ccn1. The molecule has 1 aromatic heterocycles. The predicted molar refractivity (Wildman–Crippen MR) is 67.7 cm³/mol. The van der Waals surface area contributed by atoms with E-state index >= 15 is 0 Å². The number of anilines is 1. The van der Waals surface area contributed by atoms with Crippen LogP contribution in [0.4, 0.5) is 5.69 Å². The maximum absolute atomic E-state index is 5.69. The molecule has 1 aliphatic rings. The fraction of sp³-hybridized carbons (Fsp3) is 0.615. The Labute approximate surface area is 103 Å². The summed E-state index contributed by atoms with van der Waals surface area (Å²) in [6.07, 6.45) is 4.39. The first-order valence-electron chi connectivity index (χ1n) is 6.16. The quantitative estimate of drug-likeness (QED) is 0.784. The highest BCUT2D eigenvalue weighted by Crippen LogP contribution is 2.23. The molecule has 0 amide bonds. The Kier molecular flexibility index (Phi) is 4.20. The van der Waals surface area contributed by atoms with Crippen LogP contribution in [0.5, 0.6) is 5.88 Å². The molecule has 0 bridgehead atoms. The lowest BCUT2D eigenvalue weighted by atomic mass is 10.3. The first-order chi connectivity index (χ1) is 8.29. The number of aromatic nitrogens is 1. The maximum atomic E-state index is 5.69. The Bertz CT molecular complexity index is 351. The minimum Gasteiger partial charge on any atom is -0.472 e. The van der Waals surface area contributed by atoms with Crippen LogP contribution in [0, 0.1) is 0 Å². The van der Waals surface area contributed by atoms with Gasteiger partial charge in [0.25, 0.3) is 0 Å². The van der Waals surface area contributed by atoms with Crippen LogP contribution in [0.2, 0.25) is 0 Å². The van der Waals surface area contributed by atoms with Gasteiger partial charge >= 0.3 is 0 Å². The van der Waals surface area contributed by atoms with E-state index in [1.54, 1.807) is 7.11 Å². The molecule has 2 rings (SSSR count). The highest BCUT2D eigenvalue weighted by atomic mass is 16.5. The largest absolute Gasteiger partial charge is 0.472 e. The summed E-state index contributed by atoms with van der Waals surface area (Å²) in [5.74, 6) is 0.680. The van der Waals surface area contributed by atoms with E-state index in [2.05, 4.69) is 9.88 Å². The number of rotatable bonds is 5. The van der Waals surface area contributed by atoms with E-state index in [1.165, 1.54) is 18.5 Å². The average Bonchev–Trinajstić information content (AvgIpc) is 2.83. The molecule has 1 aromatic rings. The minimum atomic E-state index is 0.0290. The number of ether oxygens (including phenoxy) is 2. The molecular formula is C13H20N2O2. The van der Waals surface area contributed by atoms with Crippen LogP contribution in [-0.2, 0) is 4.74 Å². The second-order valence-electron chi connectivity index (χ2n) is 4.43. The van der Waals surface area contributed by atoms with E-state index in [-0.39, 0.29) is 6.10 Å².